The maximum Gasteiger partial charge on any atom is 0.214 e. The van der Waals surface area contributed by atoms with Crippen LogP contribution in [0.15, 0.2) is 0 Å². The van der Waals surface area contributed by atoms with Gasteiger partial charge in [-0.25, -0.2) is 12.7 Å². The second-order valence-corrected chi connectivity index (χ2v) is 6.84. The summed E-state index contributed by atoms with van der Waals surface area (Å²) in [6, 6.07) is 0. The largest absolute Gasteiger partial charge is 0.214 e. The quantitative estimate of drug-likeness (QED) is 0.690. The zero-order valence-electron chi connectivity index (χ0n) is 9.38. The van der Waals surface area contributed by atoms with Gasteiger partial charge in [-0.05, 0) is 5.41 Å². The summed E-state index contributed by atoms with van der Waals surface area (Å²) < 4.78 is 25.1. The maximum atomic E-state index is 11.8. The van der Waals surface area contributed by atoms with Crippen LogP contribution < -0.4 is 0 Å². The molecule has 0 bridgehead atoms. The maximum absolute atomic E-state index is 11.8. The summed E-state index contributed by atoms with van der Waals surface area (Å²) in [5, 5.41) is 0. The molecule has 0 fully saturated rings. The van der Waals surface area contributed by atoms with Crippen LogP contribution in [0.2, 0.25) is 0 Å². The zero-order valence-corrected chi connectivity index (χ0v) is 11.0. The van der Waals surface area contributed by atoms with Crippen molar-refractivity contribution in [1.82, 2.24) is 4.31 Å². The number of nitrogens with zero attached hydrogens (tertiary/aromatic N) is 1. The van der Waals surface area contributed by atoms with Crippen molar-refractivity contribution >= 4 is 21.6 Å². The molecule has 0 aliphatic heterocycles. The van der Waals surface area contributed by atoms with E-state index in [1.54, 1.807) is 0 Å². The van der Waals surface area contributed by atoms with E-state index in [0.717, 1.165) is 0 Å². The normalized spacial score (nSPS) is 13.6. The number of rotatable bonds is 5. The summed E-state index contributed by atoms with van der Waals surface area (Å²) in [7, 11) is -3.14. The van der Waals surface area contributed by atoms with Crippen molar-refractivity contribution in [1.29, 1.82) is 0 Å². The van der Waals surface area contributed by atoms with Crippen LogP contribution >= 0.6 is 11.6 Å². The molecule has 5 heteroatoms. The van der Waals surface area contributed by atoms with Gasteiger partial charge < -0.3 is 0 Å². The minimum absolute atomic E-state index is 0.171. The van der Waals surface area contributed by atoms with Crippen LogP contribution in [0.4, 0.5) is 0 Å². The molecule has 0 atom stereocenters. The molecule has 0 spiro atoms. The first-order chi connectivity index (χ1) is 6.23. The molecule has 0 aromatic rings. The molecule has 0 N–H and O–H groups in total. The molecule has 14 heavy (non-hydrogen) atoms. The minimum atomic E-state index is -3.14. The number of hydrogen-bond acceptors (Lipinski definition) is 2. The van der Waals surface area contributed by atoms with E-state index < -0.39 is 10.0 Å². The van der Waals surface area contributed by atoms with Crippen LogP contribution in [0.25, 0.3) is 0 Å². The molecule has 86 valence electrons. The van der Waals surface area contributed by atoms with E-state index in [4.69, 9.17) is 11.6 Å². The van der Waals surface area contributed by atoms with E-state index in [-0.39, 0.29) is 11.2 Å². The molecule has 0 rings (SSSR count). The standard InChI is InChI=1S/C9H20ClNO2S/c1-5-11(7-6-10)14(12,13)8-9(2,3)4/h5-8H2,1-4H3. The number of alkyl halides is 1. The van der Waals surface area contributed by atoms with Crippen LogP contribution in [0.1, 0.15) is 27.7 Å². The highest BCUT2D eigenvalue weighted by atomic mass is 35.5. The molecule has 0 unspecified atom stereocenters. The monoisotopic (exact) mass is 241 g/mol. The molecule has 0 aromatic heterocycles. The number of halogens is 1. The first kappa shape index (κ1) is 14.2. The molecule has 0 saturated heterocycles. The van der Waals surface area contributed by atoms with Crippen molar-refractivity contribution in [2.24, 2.45) is 5.41 Å². The predicted octanol–water partition coefficient (Wildman–Crippen LogP) is 1.92. The van der Waals surface area contributed by atoms with E-state index in [1.165, 1.54) is 4.31 Å². The Morgan fingerprint density at radius 1 is 1.29 bits per heavy atom. The first-order valence-corrected chi connectivity index (χ1v) is 6.91. The lowest BCUT2D eigenvalue weighted by molar-refractivity contribution is 0.410. The molecule has 0 aromatic carbocycles. The van der Waals surface area contributed by atoms with Gasteiger partial charge in [0.1, 0.15) is 0 Å². The van der Waals surface area contributed by atoms with Gasteiger partial charge in [-0.3, -0.25) is 0 Å². The van der Waals surface area contributed by atoms with Gasteiger partial charge in [0.25, 0.3) is 0 Å². The molecule has 0 aliphatic carbocycles. The highest BCUT2D eigenvalue weighted by Crippen LogP contribution is 2.18. The van der Waals surface area contributed by atoms with E-state index in [0.29, 0.717) is 19.0 Å². The summed E-state index contributed by atoms with van der Waals surface area (Å²) in [6.07, 6.45) is 0. The van der Waals surface area contributed by atoms with Crippen LogP contribution in [0.5, 0.6) is 0 Å². The second kappa shape index (κ2) is 5.33. The van der Waals surface area contributed by atoms with Gasteiger partial charge in [-0.1, -0.05) is 27.7 Å². The third kappa shape index (κ3) is 5.17. The van der Waals surface area contributed by atoms with Crippen LogP contribution in [0.3, 0.4) is 0 Å². The topological polar surface area (TPSA) is 37.4 Å². The highest BCUT2D eigenvalue weighted by molar-refractivity contribution is 7.89. The fraction of sp³-hybridized carbons (Fsp3) is 1.00. The Kier molecular flexibility index (Phi) is 5.41. The van der Waals surface area contributed by atoms with Gasteiger partial charge in [0.15, 0.2) is 0 Å². The summed E-state index contributed by atoms with van der Waals surface area (Å²) >= 11 is 5.55. The molecular formula is C9H20ClNO2S. The molecule has 0 heterocycles. The van der Waals surface area contributed by atoms with Crippen molar-refractivity contribution in [2.45, 2.75) is 27.7 Å². The third-order valence-electron chi connectivity index (χ3n) is 1.70. The van der Waals surface area contributed by atoms with Gasteiger partial charge in [0.2, 0.25) is 10.0 Å². The molecule has 0 amide bonds. The van der Waals surface area contributed by atoms with Gasteiger partial charge in [-0.15, -0.1) is 11.6 Å². The van der Waals surface area contributed by atoms with Crippen LogP contribution in [-0.4, -0.2) is 37.4 Å². The molecular weight excluding hydrogens is 222 g/mol. The second-order valence-electron chi connectivity index (χ2n) is 4.50. The minimum Gasteiger partial charge on any atom is -0.212 e. The Balaban J connectivity index is 4.59. The van der Waals surface area contributed by atoms with Crippen molar-refractivity contribution < 1.29 is 8.42 Å². The van der Waals surface area contributed by atoms with Gasteiger partial charge in [0, 0.05) is 19.0 Å². The SMILES string of the molecule is CCN(CCCl)S(=O)(=O)CC(C)(C)C. The molecule has 0 aliphatic rings. The lowest BCUT2D eigenvalue weighted by atomic mass is 10.0. The van der Waals surface area contributed by atoms with Crippen molar-refractivity contribution in [3.63, 3.8) is 0 Å². The van der Waals surface area contributed by atoms with E-state index >= 15 is 0 Å². The number of sulfonamides is 1. The molecule has 3 nitrogen and oxygen atoms in total. The first-order valence-electron chi connectivity index (χ1n) is 4.76. The van der Waals surface area contributed by atoms with Crippen molar-refractivity contribution in [3.8, 4) is 0 Å². The Labute approximate surface area is 92.5 Å². The summed E-state index contributed by atoms with van der Waals surface area (Å²) in [6.45, 7) is 8.46. The smallest absolute Gasteiger partial charge is 0.212 e. The average Bonchev–Trinajstić information content (AvgIpc) is 1.94. The summed E-state index contributed by atoms with van der Waals surface area (Å²) in [5.41, 5.74) is -0.210. The summed E-state index contributed by atoms with van der Waals surface area (Å²) in [5.74, 6) is 0.516. The lowest BCUT2D eigenvalue weighted by Gasteiger charge is -2.25. The van der Waals surface area contributed by atoms with E-state index in [1.807, 2.05) is 27.7 Å². The number of hydrogen-bond donors (Lipinski definition) is 0. The zero-order chi connectivity index (χ0) is 11.4. The Morgan fingerprint density at radius 2 is 1.79 bits per heavy atom. The van der Waals surface area contributed by atoms with E-state index in [2.05, 4.69) is 0 Å². The van der Waals surface area contributed by atoms with Crippen molar-refractivity contribution in [3.05, 3.63) is 0 Å². The Morgan fingerprint density at radius 3 is 2.07 bits per heavy atom. The predicted molar refractivity (Wildman–Crippen MR) is 61.2 cm³/mol. The third-order valence-corrected chi connectivity index (χ3v) is 4.32. The van der Waals surface area contributed by atoms with Crippen LogP contribution in [0, 0.1) is 5.41 Å². The fourth-order valence-electron chi connectivity index (χ4n) is 1.23. The van der Waals surface area contributed by atoms with E-state index in [9.17, 15) is 8.42 Å². The lowest BCUT2D eigenvalue weighted by Crippen LogP contribution is -2.38. The van der Waals surface area contributed by atoms with Gasteiger partial charge in [-0.2, -0.15) is 0 Å². The van der Waals surface area contributed by atoms with Gasteiger partial charge >= 0.3 is 0 Å². The summed E-state index contributed by atoms with van der Waals surface area (Å²) in [4.78, 5) is 0. The molecule has 0 saturated carbocycles. The fourth-order valence-corrected chi connectivity index (χ4v) is 3.57. The van der Waals surface area contributed by atoms with Gasteiger partial charge in [0.05, 0.1) is 5.75 Å². The Bertz CT molecular complexity index is 256. The van der Waals surface area contributed by atoms with Crippen LogP contribution in [-0.2, 0) is 10.0 Å². The molecule has 0 radical (unpaired) electrons. The average molecular weight is 242 g/mol. The Hall–Kier alpha value is 0.200. The highest BCUT2D eigenvalue weighted by Gasteiger charge is 2.26. The van der Waals surface area contributed by atoms with Crippen molar-refractivity contribution in [2.75, 3.05) is 24.7 Å².